The topological polar surface area (TPSA) is 57.8 Å². The van der Waals surface area contributed by atoms with Crippen LogP contribution in [0.4, 0.5) is 0 Å². The summed E-state index contributed by atoms with van der Waals surface area (Å²) in [6.07, 6.45) is 9.27. The minimum atomic E-state index is -0.265. The van der Waals surface area contributed by atoms with Gasteiger partial charge in [0, 0.05) is 35.2 Å². The summed E-state index contributed by atoms with van der Waals surface area (Å²) in [5, 5.41) is 13.7. The molecule has 2 aromatic carbocycles. The molecule has 0 aliphatic heterocycles. The van der Waals surface area contributed by atoms with Gasteiger partial charge in [-0.3, -0.25) is 4.79 Å². The Hall–Kier alpha value is -3.32. The SMILES string of the molecule is N#CC(=Cc1cn(Cc2ccccc2)c2ccccc12)C(=O)NC1CCCCC1. The summed E-state index contributed by atoms with van der Waals surface area (Å²) in [5.41, 5.74) is 3.36. The van der Waals surface area contributed by atoms with E-state index >= 15 is 0 Å². The van der Waals surface area contributed by atoms with Gasteiger partial charge in [0.05, 0.1) is 0 Å². The molecule has 4 rings (SSSR count). The Balaban J connectivity index is 1.63. The Morgan fingerprint density at radius 2 is 1.79 bits per heavy atom. The first-order valence-corrected chi connectivity index (χ1v) is 10.3. The van der Waals surface area contributed by atoms with E-state index in [1.807, 2.05) is 42.6 Å². The van der Waals surface area contributed by atoms with E-state index in [-0.39, 0.29) is 17.5 Å². The Morgan fingerprint density at radius 1 is 1.07 bits per heavy atom. The van der Waals surface area contributed by atoms with Crippen molar-refractivity contribution in [1.29, 1.82) is 5.26 Å². The number of fused-ring (bicyclic) bond motifs is 1. The van der Waals surface area contributed by atoms with Crippen molar-refractivity contribution in [3.05, 3.63) is 77.5 Å². The number of nitrogens with zero attached hydrogens (tertiary/aromatic N) is 2. The summed E-state index contributed by atoms with van der Waals surface area (Å²) < 4.78 is 2.17. The van der Waals surface area contributed by atoms with E-state index in [1.54, 1.807) is 6.08 Å². The number of benzene rings is 2. The monoisotopic (exact) mass is 383 g/mol. The fourth-order valence-electron chi connectivity index (χ4n) is 4.12. The molecule has 0 atom stereocenters. The van der Waals surface area contributed by atoms with Crippen LogP contribution in [0.1, 0.15) is 43.2 Å². The second-order valence-electron chi connectivity index (χ2n) is 7.69. The molecule has 4 nitrogen and oxygen atoms in total. The quantitative estimate of drug-likeness (QED) is 0.495. The normalized spacial score (nSPS) is 15.2. The Bertz CT molecular complexity index is 1070. The van der Waals surface area contributed by atoms with Gasteiger partial charge >= 0.3 is 0 Å². The second kappa shape index (κ2) is 8.79. The van der Waals surface area contributed by atoms with Crippen molar-refractivity contribution in [2.45, 2.75) is 44.7 Å². The molecular weight excluding hydrogens is 358 g/mol. The van der Waals surface area contributed by atoms with Gasteiger partial charge in [-0.25, -0.2) is 0 Å². The van der Waals surface area contributed by atoms with Crippen molar-refractivity contribution in [2.75, 3.05) is 0 Å². The summed E-state index contributed by atoms with van der Waals surface area (Å²) in [4.78, 5) is 12.7. The van der Waals surface area contributed by atoms with Gasteiger partial charge in [0.15, 0.2) is 0 Å². The third-order valence-electron chi connectivity index (χ3n) is 5.62. The average molecular weight is 383 g/mol. The van der Waals surface area contributed by atoms with Gasteiger partial charge in [-0.15, -0.1) is 0 Å². The van der Waals surface area contributed by atoms with Crippen LogP contribution in [0.2, 0.25) is 0 Å². The zero-order chi connectivity index (χ0) is 20.1. The maximum Gasteiger partial charge on any atom is 0.262 e. The number of rotatable bonds is 5. The van der Waals surface area contributed by atoms with E-state index in [4.69, 9.17) is 0 Å². The highest BCUT2D eigenvalue weighted by Gasteiger charge is 2.18. The van der Waals surface area contributed by atoms with Crippen LogP contribution in [0, 0.1) is 11.3 Å². The molecule has 1 heterocycles. The number of nitrogens with one attached hydrogen (secondary N) is 1. The van der Waals surface area contributed by atoms with Gasteiger partial charge in [0.2, 0.25) is 0 Å². The lowest BCUT2D eigenvalue weighted by molar-refractivity contribution is -0.117. The molecular formula is C25H25N3O. The number of hydrogen-bond donors (Lipinski definition) is 1. The van der Waals surface area contributed by atoms with Crippen LogP contribution in [0.15, 0.2) is 66.4 Å². The zero-order valence-electron chi connectivity index (χ0n) is 16.5. The fraction of sp³-hybridized carbons (Fsp3) is 0.280. The van der Waals surface area contributed by atoms with Gasteiger partial charge in [-0.1, -0.05) is 67.8 Å². The van der Waals surface area contributed by atoms with Gasteiger partial charge in [-0.2, -0.15) is 5.26 Å². The lowest BCUT2D eigenvalue weighted by Crippen LogP contribution is -2.36. The minimum Gasteiger partial charge on any atom is -0.349 e. The predicted octanol–water partition coefficient (Wildman–Crippen LogP) is 5.05. The Kier molecular flexibility index (Phi) is 5.76. The lowest BCUT2D eigenvalue weighted by Gasteiger charge is -2.22. The van der Waals surface area contributed by atoms with E-state index in [2.05, 4.69) is 34.2 Å². The van der Waals surface area contributed by atoms with Crippen LogP contribution < -0.4 is 5.32 Å². The van der Waals surface area contributed by atoms with Crippen molar-refractivity contribution >= 4 is 22.9 Å². The van der Waals surface area contributed by atoms with E-state index in [9.17, 15) is 10.1 Å². The third kappa shape index (κ3) is 4.41. The van der Waals surface area contributed by atoms with E-state index in [0.717, 1.165) is 48.7 Å². The molecule has 1 aliphatic rings. The van der Waals surface area contributed by atoms with Crippen molar-refractivity contribution in [1.82, 2.24) is 9.88 Å². The maximum atomic E-state index is 12.7. The number of carbonyl (C=O) groups excluding carboxylic acids is 1. The minimum absolute atomic E-state index is 0.165. The average Bonchev–Trinajstić information content (AvgIpc) is 3.10. The molecule has 1 N–H and O–H groups in total. The zero-order valence-corrected chi connectivity index (χ0v) is 16.5. The van der Waals surface area contributed by atoms with Crippen molar-refractivity contribution < 1.29 is 4.79 Å². The summed E-state index contributed by atoms with van der Waals surface area (Å²) in [6, 6.07) is 20.7. The first-order valence-electron chi connectivity index (χ1n) is 10.3. The number of nitriles is 1. The first-order chi connectivity index (χ1) is 14.2. The highest BCUT2D eigenvalue weighted by atomic mass is 16.1. The van der Waals surface area contributed by atoms with Crippen LogP contribution >= 0.6 is 0 Å². The molecule has 0 radical (unpaired) electrons. The molecule has 1 amide bonds. The molecule has 0 unspecified atom stereocenters. The molecule has 0 saturated heterocycles. The van der Waals surface area contributed by atoms with Crippen LogP contribution in [0.5, 0.6) is 0 Å². The molecule has 0 bridgehead atoms. The molecule has 4 heteroatoms. The van der Waals surface area contributed by atoms with Gasteiger partial charge in [0.25, 0.3) is 5.91 Å². The molecule has 29 heavy (non-hydrogen) atoms. The van der Waals surface area contributed by atoms with Crippen LogP contribution in [-0.2, 0) is 11.3 Å². The molecule has 1 saturated carbocycles. The summed E-state index contributed by atoms with van der Waals surface area (Å²) in [7, 11) is 0. The van der Waals surface area contributed by atoms with Crippen LogP contribution in [-0.4, -0.2) is 16.5 Å². The van der Waals surface area contributed by atoms with Crippen LogP contribution in [0.3, 0.4) is 0 Å². The smallest absolute Gasteiger partial charge is 0.262 e. The lowest BCUT2D eigenvalue weighted by atomic mass is 9.95. The molecule has 1 aliphatic carbocycles. The van der Waals surface area contributed by atoms with Crippen molar-refractivity contribution in [3.63, 3.8) is 0 Å². The van der Waals surface area contributed by atoms with Crippen molar-refractivity contribution in [3.8, 4) is 6.07 Å². The Labute approximate surface area is 171 Å². The third-order valence-corrected chi connectivity index (χ3v) is 5.62. The number of hydrogen-bond acceptors (Lipinski definition) is 2. The van der Waals surface area contributed by atoms with E-state index in [0.29, 0.717) is 0 Å². The number of amides is 1. The van der Waals surface area contributed by atoms with E-state index < -0.39 is 0 Å². The van der Waals surface area contributed by atoms with E-state index in [1.165, 1.54) is 12.0 Å². The summed E-state index contributed by atoms with van der Waals surface area (Å²) in [5.74, 6) is -0.265. The molecule has 1 fully saturated rings. The predicted molar refractivity (Wildman–Crippen MR) is 116 cm³/mol. The molecule has 0 spiro atoms. The number of para-hydroxylation sites is 1. The maximum absolute atomic E-state index is 12.7. The largest absolute Gasteiger partial charge is 0.349 e. The highest BCUT2D eigenvalue weighted by molar-refractivity contribution is 6.04. The van der Waals surface area contributed by atoms with Gasteiger partial charge < -0.3 is 9.88 Å². The van der Waals surface area contributed by atoms with Crippen LogP contribution in [0.25, 0.3) is 17.0 Å². The highest BCUT2D eigenvalue weighted by Crippen LogP contribution is 2.25. The number of aromatic nitrogens is 1. The fourth-order valence-corrected chi connectivity index (χ4v) is 4.12. The van der Waals surface area contributed by atoms with Crippen molar-refractivity contribution in [2.24, 2.45) is 0 Å². The van der Waals surface area contributed by atoms with Gasteiger partial charge in [0.1, 0.15) is 11.6 Å². The summed E-state index contributed by atoms with van der Waals surface area (Å²) in [6.45, 7) is 0.741. The Morgan fingerprint density at radius 3 is 2.55 bits per heavy atom. The number of carbonyl (C=O) groups is 1. The summed E-state index contributed by atoms with van der Waals surface area (Å²) >= 11 is 0. The molecule has 3 aromatic rings. The van der Waals surface area contributed by atoms with Gasteiger partial charge in [-0.05, 0) is 30.5 Å². The molecule has 1 aromatic heterocycles. The second-order valence-corrected chi connectivity index (χ2v) is 7.69. The first kappa shape index (κ1) is 19.0. The molecule has 146 valence electrons. The standard InChI is InChI=1S/C25H25N3O/c26-16-20(25(29)27-22-11-5-2-6-12-22)15-21-18-28(17-19-9-3-1-4-10-19)24-14-8-7-13-23(21)24/h1,3-4,7-10,13-15,18,22H,2,5-6,11-12,17H2,(H,27,29).